The number of hydrogen-bond acceptors (Lipinski definition) is 5. The molecule has 1 heterocycles. The second kappa shape index (κ2) is 5.79. The first-order chi connectivity index (χ1) is 9.83. The molecule has 1 saturated carbocycles. The molecule has 0 saturated heterocycles. The van der Waals surface area contributed by atoms with Gasteiger partial charge in [0.25, 0.3) is 5.91 Å². The van der Waals surface area contributed by atoms with Crippen LogP contribution < -0.4 is 10.6 Å². The van der Waals surface area contributed by atoms with E-state index in [1.54, 1.807) is 16.8 Å². The normalized spacial score (nSPS) is 14.2. The smallest absolute Gasteiger partial charge is 0.251 e. The van der Waals surface area contributed by atoms with Gasteiger partial charge in [-0.3, -0.25) is 4.79 Å². The molecule has 0 aliphatic heterocycles. The molecular weight excluding hydrogens is 256 g/mol. The van der Waals surface area contributed by atoms with E-state index in [2.05, 4.69) is 26.2 Å². The van der Waals surface area contributed by atoms with E-state index >= 15 is 0 Å². The van der Waals surface area contributed by atoms with Crippen molar-refractivity contribution in [3.05, 3.63) is 36.2 Å². The monoisotopic (exact) mass is 272 g/mol. The molecule has 2 aromatic rings. The molecular formula is C13H16N6O. The fourth-order valence-electron chi connectivity index (χ4n) is 1.89. The van der Waals surface area contributed by atoms with Gasteiger partial charge in [0.05, 0.1) is 5.69 Å². The summed E-state index contributed by atoms with van der Waals surface area (Å²) in [5.41, 5.74) is 1.45. The molecule has 7 nitrogen and oxygen atoms in total. The highest BCUT2D eigenvalue weighted by atomic mass is 16.1. The zero-order valence-electron chi connectivity index (χ0n) is 11.0. The first-order valence-corrected chi connectivity index (χ1v) is 6.68. The Bertz CT molecular complexity index is 561. The van der Waals surface area contributed by atoms with Crippen molar-refractivity contribution in [3.8, 4) is 5.69 Å². The molecule has 0 spiro atoms. The van der Waals surface area contributed by atoms with Crippen molar-refractivity contribution in [2.45, 2.75) is 18.9 Å². The van der Waals surface area contributed by atoms with Crippen LogP contribution in [0.1, 0.15) is 23.2 Å². The molecule has 7 heteroatoms. The third kappa shape index (κ3) is 3.18. The van der Waals surface area contributed by atoms with Crippen LogP contribution in [0.25, 0.3) is 5.69 Å². The van der Waals surface area contributed by atoms with Crippen molar-refractivity contribution in [3.63, 3.8) is 0 Å². The summed E-state index contributed by atoms with van der Waals surface area (Å²) in [6, 6.07) is 7.82. The molecule has 1 aliphatic rings. The van der Waals surface area contributed by atoms with Crippen molar-refractivity contribution in [1.29, 1.82) is 0 Å². The molecule has 104 valence electrons. The van der Waals surface area contributed by atoms with Gasteiger partial charge in [-0.05, 0) is 47.5 Å². The van der Waals surface area contributed by atoms with Crippen LogP contribution in [0.2, 0.25) is 0 Å². The first-order valence-electron chi connectivity index (χ1n) is 6.68. The van der Waals surface area contributed by atoms with Crippen LogP contribution in [0.5, 0.6) is 0 Å². The lowest BCUT2D eigenvalue weighted by Crippen LogP contribution is -2.32. The lowest BCUT2D eigenvalue weighted by Gasteiger charge is -2.06. The van der Waals surface area contributed by atoms with Crippen LogP contribution in [0.15, 0.2) is 30.6 Å². The van der Waals surface area contributed by atoms with Gasteiger partial charge < -0.3 is 10.6 Å². The number of tetrazole rings is 1. The van der Waals surface area contributed by atoms with E-state index in [1.807, 2.05) is 12.1 Å². The van der Waals surface area contributed by atoms with Gasteiger partial charge in [0.1, 0.15) is 6.33 Å². The third-order valence-corrected chi connectivity index (χ3v) is 3.16. The van der Waals surface area contributed by atoms with Crippen molar-refractivity contribution in [1.82, 2.24) is 30.8 Å². The molecule has 3 rings (SSSR count). The standard InChI is InChI=1S/C13H16N6O/c20-13(15-8-7-14-11-3-4-11)10-1-5-12(6-2-10)19-9-16-17-18-19/h1-2,5-6,9,11,14H,3-4,7-8H2,(H,15,20). The minimum absolute atomic E-state index is 0.0640. The maximum Gasteiger partial charge on any atom is 0.251 e. The summed E-state index contributed by atoms with van der Waals surface area (Å²) in [5, 5.41) is 17.2. The number of nitrogens with zero attached hydrogens (tertiary/aromatic N) is 4. The second-order valence-electron chi connectivity index (χ2n) is 4.79. The fourth-order valence-corrected chi connectivity index (χ4v) is 1.89. The van der Waals surface area contributed by atoms with E-state index in [-0.39, 0.29) is 5.91 Å². The zero-order chi connectivity index (χ0) is 13.8. The SMILES string of the molecule is O=C(NCCNC1CC1)c1ccc(-n2cnnn2)cc1. The minimum atomic E-state index is -0.0640. The Labute approximate surface area is 116 Å². The van der Waals surface area contributed by atoms with Gasteiger partial charge in [-0.25, -0.2) is 4.68 Å². The quantitative estimate of drug-likeness (QED) is 0.731. The summed E-state index contributed by atoms with van der Waals surface area (Å²) in [5.74, 6) is -0.0640. The molecule has 1 amide bonds. The molecule has 20 heavy (non-hydrogen) atoms. The predicted octanol–water partition coefficient (Wildman–Crippen LogP) is 0.144. The van der Waals surface area contributed by atoms with Gasteiger partial charge in [0.2, 0.25) is 0 Å². The molecule has 0 atom stereocenters. The molecule has 2 N–H and O–H groups in total. The summed E-state index contributed by atoms with van der Waals surface area (Å²) in [7, 11) is 0. The highest BCUT2D eigenvalue weighted by molar-refractivity contribution is 5.94. The van der Waals surface area contributed by atoms with Crippen molar-refractivity contribution >= 4 is 5.91 Å². The second-order valence-corrected chi connectivity index (χ2v) is 4.79. The predicted molar refractivity (Wildman–Crippen MR) is 72.5 cm³/mol. The van der Waals surface area contributed by atoms with Crippen LogP contribution in [-0.4, -0.2) is 45.2 Å². The van der Waals surface area contributed by atoms with E-state index in [0.29, 0.717) is 18.2 Å². The molecule has 1 fully saturated rings. The van der Waals surface area contributed by atoms with Crippen LogP contribution >= 0.6 is 0 Å². The van der Waals surface area contributed by atoms with Crippen LogP contribution in [-0.2, 0) is 0 Å². The van der Waals surface area contributed by atoms with Gasteiger partial charge >= 0.3 is 0 Å². The van der Waals surface area contributed by atoms with Gasteiger partial charge in [-0.2, -0.15) is 0 Å². The average Bonchev–Trinajstić information content (AvgIpc) is 3.14. The summed E-state index contributed by atoms with van der Waals surface area (Å²) >= 11 is 0. The number of carbonyl (C=O) groups is 1. The maximum atomic E-state index is 11.9. The Morgan fingerprint density at radius 3 is 2.70 bits per heavy atom. The Morgan fingerprint density at radius 2 is 2.05 bits per heavy atom. The van der Waals surface area contributed by atoms with Gasteiger partial charge in [0, 0.05) is 24.7 Å². The summed E-state index contributed by atoms with van der Waals surface area (Å²) in [6.07, 6.45) is 4.03. The fraction of sp³-hybridized carbons (Fsp3) is 0.385. The van der Waals surface area contributed by atoms with E-state index in [9.17, 15) is 4.79 Å². The lowest BCUT2D eigenvalue weighted by atomic mass is 10.2. The summed E-state index contributed by atoms with van der Waals surface area (Å²) in [4.78, 5) is 11.9. The third-order valence-electron chi connectivity index (χ3n) is 3.16. The Morgan fingerprint density at radius 1 is 1.25 bits per heavy atom. The van der Waals surface area contributed by atoms with Crippen molar-refractivity contribution < 1.29 is 4.79 Å². The number of carbonyl (C=O) groups excluding carboxylic acids is 1. The molecule has 0 radical (unpaired) electrons. The molecule has 0 unspecified atom stereocenters. The number of benzene rings is 1. The highest BCUT2D eigenvalue weighted by Crippen LogP contribution is 2.17. The lowest BCUT2D eigenvalue weighted by molar-refractivity contribution is 0.0954. The van der Waals surface area contributed by atoms with Crippen LogP contribution in [0.4, 0.5) is 0 Å². The van der Waals surface area contributed by atoms with Crippen LogP contribution in [0.3, 0.4) is 0 Å². The number of hydrogen-bond donors (Lipinski definition) is 2. The van der Waals surface area contributed by atoms with Crippen molar-refractivity contribution in [2.24, 2.45) is 0 Å². The minimum Gasteiger partial charge on any atom is -0.351 e. The van der Waals surface area contributed by atoms with Gasteiger partial charge in [0.15, 0.2) is 0 Å². The summed E-state index contributed by atoms with van der Waals surface area (Å²) in [6.45, 7) is 1.46. The summed E-state index contributed by atoms with van der Waals surface area (Å²) < 4.78 is 1.54. The van der Waals surface area contributed by atoms with Crippen molar-refractivity contribution in [2.75, 3.05) is 13.1 Å². The van der Waals surface area contributed by atoms with E-state index in [1.165, 1.54) is 19.2 Å². The number of rotatable bonds is 6. The largest absolute Gasteiger partial charge is 0.351 e. The molecule has 0 bridgehead atoms. The number of aromatic nitrogens is 4. The average molecular weight is 272 g/mol. The Kier molecular flexibility index (Phi) is 3.69. The Balaban J connectivity index is 1.52. The zero-order valence-corrected chi connectivity index (χ0v) is 11.0. The topological polar surface area (TPSA) is 84.7 Å². The number of nitrogens with one attached hydrogen (secondary N) is 2. The highest BCUT2D eigenvalue weighted by Gasteiger charge is 2.19. The van der Waals surface area contributed by atoms with Gasteiger partial charge in [-0.1, -0.05) is 0 Å². The molecule has 1 aromatic carbocycles. The van der Waals surface area contributed by atoms with E-state index in [4.69, 9.17) is 0 Å². The molecule has 1 aromatic heterocycles. The number of amides is 1. The van der Waals surface area contributed by atoms with Gasteiger partial charge in [-0.15, -0.1) is 5.10 Å². The van der Waals surface area contributed by atoms with E-state index < -0.39 is 0 Å². The first kappa shape index (κ1) is 12.7. The maximum absolute atomic E-state index is 11.9. The van der Waals surface area contributed by atoms with Crippen LogP contribution in [0, 0.1) is 0 Å². The van der Waals surface area contributed by atoms with E-state index in [0.717, 1.165) is 12.2 Å². The Hall–Kier alpha value is -2.28. The molecule has 1 aliphatic carbocycles.